The van der Waals surface area contributed by atoms with Gasteiger partial charge in [0.05, 0.1) is 10.5 Å². The fraction of sp³-hybridized carbons (Fsp3) is 0.133. The summed E-state index contributed by atoms with van der Waals surface area (Å²) >= 11 is 0. The summed E-state index contributed by atoms with van der Waals surface area (Å²) in [6.45, 7) is -1.48. The monoisotopic (exact) mass is 374 g/mol. The molecule has 12 nitrogen and oxygen atoms in total. The van der Waals surface area contributed by atoms with Crippen molar-refractivity contribution >= 4 is 35.2 Å². The van der Waals surface area contributed by atoms with Gasteiger partial charge in [-0.3, -0.25) is 34.2 Å². The molecule has 1 aromatic carbocycles. The molecule has 0 fully saturated rings. The number of rotatable bonds is 6. The van der Waals surface area contributed by atoms with Crippen molar-refractivity contribution in [1.82, 2.24) is 10.1 Å². The van der Waals surface area contributed by atoms with Gasteiger partial charge < -0.3 is 14.6 Å². The Balaban J connectivity index is 1.62. The van der Waals surface area contributed by atoms with Crippen molar-refractivity contribution in [2.24, 2.45) is 0 Å². The number of anilines is 1. The molecule has 0 spiro atoms. The minimum absolute atomic E-state index is 0.115. The Morgan fingerprint density at radius 1 is 1.26 bits per heavy atom. The van der Waals surface area contributed by atoms with Gasteiger partial charge in [-0.15, -0.1) is 0 Å². The average Bonchev–Trinajstić information content (AvgIpc) is 3.22. The number of esters is 1. The minimum Gasteiger partial charge on any atom is -0.454 e. The van der Waals surface area contributed by atoms with Gasteiger partial charge in [0.25, 0.3) is 23.4 Å². The predicted octanol–water partition coefficient (Wildman–Crippen LogP) is 0.361. The first-order valence-electron chi connectivity index (χ1n) is 7.38. The van der Waals surface area contributed by atoms with Crippen LogP contribution < -0.4 is 5.32 Å². The van der Waals surface area contributed by atoms with Gasteiger partial charge in [0.1, 0.15) is 18.4 Å². The van der Waals surface area contributed by atoms with Crippen molar-refractivity contribution in [1.29, 1.82) is 0 Å². The number of nitrogens with one attached hydrogen (secondary N) is 1. The number of aromatic nitrogens is 1. The van der Waals surface area contributed by atoms with Crippen LogP contribution in [0.3, 0.4) is 0 Å². The molecular formula is C15H10N4O8. The van der Waals surface area contributed by atoms with E-state index in [0.717, 1.165) is 6.07 Å². The Morgan fingerprint density at radius 2 is 2.04 bits per heavy atom. The number of ether oxygens (including phenoxy) is 1. The van der Waals surface area contributed by atoms with Gasteiger partial charge >= 0.3 is 5.97 Å². The van der Waals surface area contributed by atoms with Crippen LogP contribution in [-0.4, -0.2) is 51.8 Å². The standard InChI is InChI=1S/C15H10N4O8/c20-11(16-10-4-5-27-17-10)7-26-12(21)6-18-14(22)8-2-1-3-9(19(24)25)13(8)15(18)23/h1-5H,6-7H2,(H,16,17,20). The fourth-order valence-electron chi connectivity index (χ4n) is 2.39. The average molecular weight is 374 g/mol. The molecule has 0 bridgehead atoms. The molecule has 0 radical (unpaired) electrons. The lowest BCUT2D eigenvalue weighted by Gasteiger charge is -2.12. The molecule has 0 saturated heterocycles. The number of nitrogens with zero attached hydrogens (tertiary/aromatic N) is 3. The number of carbonyl (C=O) groups is 4. The van der Waals surface area contributed by atoms with Gasteiger partial charge in [-0.05, 0) is 6.07 Å². The number of hydrogen-bond acceptors (Lipinski definition) is 9. The van der Waals surface area contributed by atoms with Crippen LogP contribution >= 0.6 is 0 Å². The molecule has 2 heterocycles. The van der Waals surface area contributed by atoms with Crippen molar-refractivity contribution < 1.29 is 33.4 Å². The summed E-state index contributed by atoms with van der Waals surface area (Å²) in [7, 11) is 0. The zero-order valence-electron chi connectivity index (χ0n) is 13.4. The van der Waals surface area contributed by atoms with Crippen LogP contribution in [-0.2, 0) is 14.3 Å². The third kappa shape index (κ3) is 3.49. The highest BCUT2D eigenvalue weighted by Gasteiger charge is 2.41. The van der Waals surface area contributed by atoms with Crippen LogP contribution in [0.25, 0.3) is 0 Å². The SMILES string of the molecule is O=C(COC(=O)CN1C(=O)c2cccc([N+](=O)[O-])c2C1=O)Nc1ccon1. The second-order valence-corrected chi connectivity index (χ2v) is 5.25. The van der Waals surface area contributed by atoms with Crippen molar-refractivity contribution in [2.75, 3.05) is 18.5 Å². The number of nitro benzene ring substituents is 1. The molecule has 0 atom stereocenters. The first-order valence-corrected chi connectivity index (χ1v) is 7.38. The molecule has 1 N–H and O–H groups in total. The molecule has 0 saturated carbocycles. The number of imide groups is 1. The lowest BCUT2D eigenvalue weighted by molar-refractivity contribution is -0.385. The summed E-state index contributed by atoms with van der Waals surface area (Å²) in [4.78, 5) is 58.8. The molecule has 0 aliphatic carbocycles. The number of nitro groups is 1. The topological polar surface area (TPSA) is 162 Å². The van der Waals surface area contributed by atoms with Crippen LogP contribution in [0.5, 0.6) is 0 Å². The third-order valence-electron chi connectivity index (χ3n) is 3.53. The first kappa shape index (κ1) is 17.7. The molecule has 12 heteroatoms. The smallest absolute Gasteiger partial charge is 0.326 e. The van der Waals surface area contributed by atoms with E-state index < -0.39 is 47.5 Å². The fourth-order valence-corrected chi connectivity index (χ4v) is 2.39. The Kier molecular flexibility index (Phi) is 4.62. The largest absolute Gasteiger partial charge is 0.454 e. The van der Waals surface area contributed by atoms with Gasteiger partial charge in [-0.1, -0.05) is 11.2 Å². The number of hydrogen-bond donors (Lipinski definition) is 1. The first-order chi connectivity index (χ1) is 12.9. The van der Waals surface area contributed by atoms with Crippen LogP contribution in [0, 0.1) is 10.1 Å². The van der Waals surface area contributed by atoms with Crippen LogP contribution in [0.15, 0.2) is 35.1 Å². The summed E-state index contributed by atoms with van der Waals surface area (Å²) in [6, 6.07) is 4.96. The summed E-state index contributed by atoms with van der Waals surface area (Å²) in [5.41, 5.74) is -1.09. The van der Waals surface area contributed by atoms with Gasteiger partial charge in [-0.2, -0.15) is 0 Å². The molecule has 1 aliphatic rings. The maximum absolute atomic E-state index is 12.3. The van der Waals surface area contributed by atoms with E-state index >= 15 is 0 Å². The highest BCUT2D eigenvalue weighted by atomic mass is 16.6. The Hall–Kier alpha value is -4.09. The zero-order chi connectivity index (χ0) is 19.6. The van der Waals surface area contributed by atoms with E-state index in [1.807, 2.05) is 0 Å². The second-order valence-electron chi connectivity index (χ2n) is 5.25. The molecule has 1 aromatic heterocycles. The Bertz CT molecular complexity index is 953. The quantitative estimate of drug-likeness (QED) is 0.325. The van der Waals surface area contributed by atoms with E-state index in [1.165, 1.54) is 24.5 Å². The molecule has 0 unspecified atom stereocenters. The highest BCUT2D eigenvalue weighted by Crippen LogP contribution is 2.30. The van der Waals surface area contributed by atoms with E-state index in [9.17, 15) is 29.3 Å². The normalized spacial score (nSPS) is 12.7. The predicted molar refractivity (Wildman–Crippen MR) is 84.6 cm³/mol. The molecule has 27 heavy (non-hydrogen) atoms. The Labute approximate surface area is 149 Å². The zero-order valence-corrected chi connectivity index (χ0v) is 13.4. The van der Waals surface area contributed by atoms with Gasteiger partial charge in [0, 0.05) is 12.1 Å². The van der Waals surface area contributed by atoms with Crippen LogP contribution in [0.2, 0.25) is 0 Å². The lowest BCUT2D eigenvalue weighted by Crippen LogP contribution is -2.36. The number of carbonyl (C=O) groups excluding carboxylic acids is 4. The summed E-state index contributed by atoms with van der Waals surface area (Å²) < 4.78 is 9.21. The van der Waals surface area contributed by atoms with E-state index in [-0.39, 0.29) is 16.9 Å². The maximum Gasteiger partial charge on any atom is 0.326 e. The number of benzene rings is 1. The Morgan fingerprint density at radius 3 is 2.70 bits per heavy atom. The number of amides is 3. The summed E-state index contributed by atoms with van der Waals surface area (Å²) in [5, 5.41) is 16.7. The molecular weight excluding hydrogens is 364 g/mol. The van der Waals surface area contributed by atoms with E-state index in [4.69, 9.17) is 4.74 Å². The third-order valence-corrected chi connectivity index (χ3v) is 3.53. The van der Waals surface area contributed by atoms with Gasteiger partial charge in [-0.25, -0.2) is 0 Å². The summed E-state index contributed by atoms with van der Waals surface area (Å²) in [5.74, 6) is -3.48. The lowest BCUT2D eigenvalue weighted by atomic mass is 10.1. The number of fused-ring (bicyclic) bond motifs is 1. The van der Waals surface area contributed by atoms with E-state index in [0.29, 0.717) is 4.90 Å². The van der Waals surface area contributed by atoms with Gasteiger partial charge in [0.2, 0.25) is 0 Å². The van der Waals surface area contributed by atoms with Gasteiger partial charge in [0.15, 0.2) is 12.4 Å². The van der Waals surface area contributed by atoms with Crippen molar-refractivity contribution in [2.45, 2.75) is 0 Å². The second kappa shape index (κ2) is 7.03. The molecule has 138 valence electrons. The van der Waals surface area contributed by atoms with Crippen LogP contribution in [0.1, 0.15) is 20.7 Å². The molecule has 3 rings (SSSR count). The molecule has 3 amide bonds. The van der Waals surface area contributed by atoms with Crippen molar-refractivity contribution in [3.8, 4) is 0 Å². The van der Waals surface area contributed by atoms with E-state index in [2.05, 4.69) is 15.0 Å². The minimum atomic E-state index is -1.04. The summed E-state index contributed by atoms with van der Waals surface area (Å²) in [6.07, 6.45) is 1.23. The van der Waals surface area contributed by atoms with E-state index in [1.54, 1.807) is 0 Å². The maximum atomic E-state index is 12.3. The highest BCUT2D eigenvalue weighted by molar-refractivity contribution is 6.24. The van der Waals surface area contributed by atoms with Crippen LogP contribution in [0.4, 0.5) is 11.5 Å². The molecule has 1 aliphatic heterocycles. The van der Waals surface area contributed by atoms with Crippen molar-refractivity contribution in [3.63, 3.8) is 0 Å². The van der Waals surface area contributed by atoms with Crippen molar-refractivity contribution in [3.05, 3.63) is 51.8 Å². The molecule has 2 aromatic rings.